The smallest absolute Gasteiger partial charge is 0.386 e. The van der Waals surface area contributed by atoms with E-state index in [0.717, 1.165) is 11.3 Å². The molecule has 1 rings (SSSR count). The maximum Gasteiger partial charge on any atom is 0.386 e. The van der Waals surface area contributed by atoms with Crippen molar-refractivity contribution in [1.29, 1.82) is 0 Å². The van der Waals surface area contributed by atoms with Crippen LogP contribution in [-0.4, -0.2) is 19.8 Å². The molecule has 0 spiro atoms. The van der Waals surface area contributed by atoms with Gasteiger partial charge in [0.15, 0.2) is 0 Å². The number of hydrogen-bond acceptors (Lipinski definition) is 3. The van der Waals surface area contributed by atoms with Crippen LogP contribution >= 0.6 is 11.6 Å². The van der Waals surface area contributed by atoms with E-state index in [0.29, 0.717) is 5.88 Å². The summed E-state index contributed by atoms with van der Waals surface area (Å²) in [4.78, 5) is 16.0. The fraction of sp³-hybridized carbons (Fsp3) is 0.273. The van der Waals surface area contributed by atoms with E-state index in [4.69, 9.17) is 26.9 Å². The molecule has 0 bridgehead atoms. The molecular formula is C11H15ClF3NO2. The average molecular weight is 286 g/mol. The standard InChI is InChI=1S/C7H8ClN.C2H3F3.2CH2O/c8-5-6-3-1-2-4-7(6)9;1-2(3,4)5;2*1-2/h1-4H,5,9H2;1H3;2*1H2. The minimum atomic E-state index is -4.00. The highest BCUT2D eigenvalue weighted by Gasteiger charge is 2.15. The van der Waals surface area contributed by atoms with E-state index in [9.17, 15) is 13.2 Å². The Morgan fingerprint density at radius 2 is 1.50 bits per heavy atom. The number of carbonyl (C=O) groups excluding carboxylic acids is 2. The number of nitrogen functional groups attached to an aromatic ring is 1. The molecule has 104 valence electrons. The highest BCUT2D eigenvalue weighted by Crippen LogP contribution is 2.12. The van der Waals surface area contributed by atoms with E-state index < -0.39 is 6.18 Å². The fourth-order valence-corrected chi connectivity index (χ4v) is 0.899. The van der Waals surface area contributed by atoms with Gasteiger partial charge in [-0.25, -0.2) is 0 Å². The number of anilines is 1. The molecule has 0 aromatic heterocycles. The second-order valence-corrected chi connectivity index (χ2v) is 2.88. The fourth-order valence-electron chi connectivity index (χ4n) is 0.656. The molecule has 3 nitrogen and oxygen atoms in total. The molecule has 0 saturated heterocycles. The zero-order chi connectivity index (χ0) is 15.2. The predicted molar refractivity (Wildman–Crippen MR) is 66.4 cm³/mol. The van der Waals surface area contributed by atoms with Gasteiger partial charge in [0.05, 0.1) is 0 Å². The third-order valence-corrected chi connectivity index (χ3v) is 1.49. The average Bonchev–Trinajstić information content (AvgIpc) is 2.33. The lowest BCUT2D eigenvalue weighted by Gasteiger charge is -1.97. The van der Waals surface area contributed by atoms with Crippen molar-refractivity contribution in [2.24, 2.45) is 0 Å². The molecular weight excluding hydrogens is 271 g/mol. The second-order valence-electron chi connectivity index (χ2n) is 2.61. The van der Waals surface area contributed by atoms with Gasteiger partial charge in [-0.15, -0.1) is 11.6 Å². The van der Waals surface area contributed by atoms with Crippen molar-refractivity contribution < 1.29 is 22.8 Å². The molecule has 0 fully saturated rings. The van der Waals surface area contributed by atoms with E-state index in [2.05, 4.69) is 0 Å². The molecule has 1 aromatic carbocycles. The van der Waals surface area contributed by atoms with Crippen molar-refractivity contribution in [2.45, 2.75) is 19.0 Å². The van der Waals surface area contributed by atoms with Crippen molar-refractivity contribution in [1.82, 2.24) is 0 Å². The molecule has 0 unspecified atom stereocenters. The molecule has 0 amide bonds. The molecule has 2 N–H and O–H groups in total. The summed E-state index contributed by atoms with van der Waals surface area (Å²) >= 11 is 5.55. The number of para-hydroxylation sites is 1. The minimum absolute atomic E-state index is 0.188. The molecule has 1 aromatic rings. The highest BCUT2D eigenvalue weighted by atomic mass is 35.5. The van der Waals surface area contributed by atoms with Gasteiger partial charge in [0, 0.05) is 18.5 Å². The van der Waals surface area contributed by atoms with Crippen molar-refractivity contribution in [3.63, 3.8) is 0 Å². The third-order valence-electron chi connectivity index (χ3n) is 1.20. The summed E-state index contributed by atoms with van der Waals surface area (Å²) in [5, 5.41) is 0. The monoisotopic (exact) mass is 285 g/mol. The summed E-state index contributed by atoms with van der Waals surface area (Å²) in [5.74, 6) is 0.493. The molecule has 0 aliphatic rings. The van der Waals surface area contributed by atoms with Gasteiger partial charge in [0.25, 0.3) is 0 Å². The first-order valence-corrected chi connectivity index (χ1v) is 4.92. The lowest BCUT2D eigenvalue weighted by Crippen LogP contribution is -1.95. The number of nitrogens with two attached hydrogens (primary N) is 1. The molecule has 0 atom stereocenters. The second kappa shape index (κ2) is 13.5. The van der Waals surface area contributed by atoms with Crippen LogP contribution in [0, 0.1) is 0 Å². The molecule has 7 heteroatoms. The SMILES string of the molecule is C=O.C=O.CC(F)(F)F.Nc1ccccc1CCl. The number of carbonyl (C=O) groups is 2. The topological polar surface area (TPSA) is 60.2 Å². The number of benzene rings is 1. The van der Waals surface area contributed by atoms with E-state index >= 15 is 0 Å². The Labute approximate surface area is 109 Å². The first kappa shape index (κ1) is 21.7. The van der Waals surface area contributed by atoms with Crippen LogP contribution < -0.4 is 5.73 Å². The lowest BCUT2D eigenvalue weighted by atomic mass is 10.2. The maximum absolute atomic E-state index is 10.4. The lowest BCUT2D eigenvalue weighted by molar-refractivity contribution is -0.110. The molecule has 0 heterocycles. The molecule has 0 saturated carbocycles. The molecule has 0 aliphatic heterocycles. The predicted octanol–water partition coefficient (Wildman–Crippen LogP) is 3.21. The highest BCUT2D eigenvalue weighted by molar-refractivity contribution is 6.17. The summed E-state index contributed by atoms with van der Waals surface area (Å²) in [7, 11) is 0. The summed E-state index contributed by atoms with van der Waals surface area (Å²) in [6.45, 7) is 4.19. The zero-order valence-electron chi connectivity index (χ0n) is 9.84. The van der Waals surface area contributed by atoms with E-state index in [-0.39, 0.29) is 6.92 Å². The van der Waals surface area contributed by atoms with E-state index in [1.54, 1.807) is 0 Å². The van der Waals surface area contributed by atoms with Crippen LogP contribution in [0.25, 0.3) is 0 Å². The van der Waals surface area contributed by atoms with Crippen LogP contribution in [0.1, 0.15) is 12.5 Å². The quantitative estimate of drug-likeness (QED) is 0.637. The van der Waals surface area contributed by atoms with Crippen LogP contribution in [-0.2, 0) is 15.5 Å². The number of hydrogen-bond donors (Lipinski definition) is 1. The first-order valence-electron chi connectivity index (χ1n) is 4.38. The van der Waals surface area contributed by atoms with Gasteiger partial charge in [-0.05, 0) is 11.6 Å². The Kier molecular flexibility index (Phi) is 16.3. The molecule has 0 aliphatic carbocycles. The maximum atomic E-state index is 10.4. The van der Waals surface area contributed by atoms with Gasteiger partial charge in [-0.1, -0.05) is 18.2 Å². The molecule has 0 radical (unpaired) electrons. The van der Waals surface area contributed by atoms with Gasteiger partial charge in [0.2, 0.25) is 0 Å². The Morgan fingerprint density at radius 3 is 1.72 bits per heavy atom. The van der Waals surface area contributed by atoms with Crippen molar-refractivity contribution in [2.75, 3.05) is 5.73 Å². The number of alkyl halides is 4. The molecule has 18 heavy (non-hydrogen) atoms. The Hall–Kier alpha value is -1.56. The normalized spacial score (nSPS) is 8.50. The van der Waals surface area contributed by atoms with E-state index in [1.807, 2.05) is 37.8 Å². The Bertz CT molecular complexity index is 301. The van der Waals surface area contributed by atoms with Crippen molar-refractivity contribution >= 4 is 30.9 Å². The van der Waals surface area contributed by atoms with Gasteiger partial charge in [-0.3, -0.25) is 0 Å². The third kappa shape index (κ3) is 19.9. The van der Waals surface area contributed by atoms with Crippen LogP contribution in [0.5, 0.6) is 0 Å². The summed E-state index contributed by atoms with van der Waals surface area (Å²) in [6, 6.07) is 7.58. The zero-order valence-corrected chi connectivity index (χ0v) is 10.6. The van der Waals surface area contributed by atoms with Gasteiger partial charge in [0.1, 0.15) is 13.6 Å². The number of rotatable bonds is 1. The van der Waals surface area contributed by atoms with Crippen LogP contribution in [0.2, 0.25) is 0 Å². The summed E-state index contributed by atoms with van der Waals surface area (Å²) in [6.07, 6.45) is -4.00. The van der Waals surface area contributed by atoms with Crippen molar-refractivity contribution in [3.05, 3.63) is 29.8 Å². The van der Waals surface area contributed by atoms with Crippen LogP contribution in [0.15, 0.2) is 24.3 Å². The number of halogens is 4. The summed E-state index contributed by atoms with van der Waals surface area (Å²) < 4.78 is 31.1. The Morgan fingerprint density at radius 1 is 1.17 bits per heavy atom. The van der Waals surface area contributed by atoms with Crippen LogP contribution in [0.3, 0.4) is 0 Å². The van der Waals surface area contributed by atoms with Gasteiger partial charge in [-0.2, -0.15) is 13.2 Å². The first-order chi connectivity index (χ1) is 8.34. The van der Waals surface area contributed by atoms with Crippen LogP contribution in [0.4, 0.5) is 18.9 Å². The minimum Gasteiger partial charge on any atom is -0.398 e. The van der Waals surface area contributed by atoms with Gasteiger partial charge >= 0.3 is 6.18 Å². The van der Waals surface area contributed by atoms with Crippen molar-refractivity contribution in [3.8, 4) is 0 Å². The largest absolute Gasteiger partial charge is 0.398 e. The van der Waals surface area contributed by atoms with E-state index in [1.165, 1.54) is 0 Å². The van der Waals surface area contributed by atoms with Gasteiger partial charge < -0.3 is 15.3 Å². The Balaban J connectivity index is -0.000000215. The summed E-state index contributed by atoms with van der Waals surface area (Å²) in [5.41, 5.74) is 7.32.